The maximum Gasteiger partial charge on any atom is 0.300 e. The largest absolute Gasteiger partial charge is 0.357 e. The molecule has 0 saturated heterocycles. The van der Waals surface area contributed by atoms with Crippen LogP contribution in [0.1, 0.15) is 5.56 Å². The highest BCUT2D eigenvalue weighted by atomic mass is 32.1. The third-order valence-electron chi connectivity index (χ3n) is 3.07. The van der Waals surface area contributed by atoms with Gasteiger partial charge in [-0.05, 0) is 36.0 Å². The van der Waals surface area contributed by atoms with E-state index in [1.807, 2.05) is 0 Å². The first-order chi connectivity index (χ1) is 11.9. The first kappa shape index (κ1) is 18.0. The van der Waals surface area contributed by atoms with Crippen molar-refractivity contribution in [1.82, 2.24) is 10.7 Å². The molecule has 0 saturated carbocycles. The number of hydrogen-bond acceptors (Lipinski definition) is 6. The highest BCUT2D eigenvalue weighted by Crippen LogP contribution is 2.28. The molecule has 0 radical (unpaired) electrons. The SMILES string of the molecule is O=[N+]([O-])c1ccc(NNC(=S)NCc2ccc(F)cc2)c([N+](=O)[O-])c1. The molecule has 130 valence electrons. The van der Waals surface area contributed by atoms with E-state index >= 15 is 0 Å². The van der Waals surface area contributed by atoms with Crippen molar-refractivity contribution in [2.24, 2.45) is 0 Å². The summed E-state index contributed by atoms with van der Waals surface area (Å²) < 4.78 is 12.8. The summed E-state index contributed by atoms with van der Waals surface area (Å²) in [4.78, 5) is 20.2. The van der Waals surface area contributed by atoms with Gasteiger partial charge < -0.3 is 5.32 Å². The molecular weight excluding hydrogens is 353 g/mol. The Morgan fingerprint density at radius 1 is 1.08 bits per heavy atom. The average molecular weight is 365 g/mol. The van der Waals surface area contributed by atoms with E-state index in [1.54, 1.807) is 12.1 Å². The third-order valence-corrected chi connectivity index (χ3v) is 3.31. The van der Waals surface area contributed by atoms with Gasteiger partial charge in [-0.15, -0.1) is 0 Å². The molecule has 2 aromatic carbocycles. The lowest BCUT2D eigenvalue weighted by molar-refractivity contribution is -0.393. The van der Waals surface area contributed by atoms with Gasteiger partial charge in [-0.2, -0.15) is 0 Å². The molecule has 2 rings (SSSR count). The third kappa shape index (κ3) is 5.07. The molecular formula is C14H12FN5O4S. The van der Waals surface area contributed by atoms with Gasteiger partial charge in [0.05, 0.1) is 15.9 Å². The second kappa shape index (κ2) is 7.97. The number of anilines is 1. The fraction of sp³-hybridized carbons (Fsp3) is 0.0714. The summed E-state index contributed by atoms with van der Waals surface area (Å²) in [6.07, 6.45) is 0. The molecule has 25 heavy (non-hydrogen) atoms. The zero-order chi connectivity index (χ0) is 18.4. The Morgan fingerprint density at radius 2 is 1.76 bits per heavy atom. The zero-order valence-corrected chi connectivity index (χ0v) is 13.4. The lowest BCUT2D eigenvalue weighted by Crippen LogP contribution is -2.38. The van der Waals surface area contributed by atoms with Gasteiger partial charge in [-0.25, -0.2) is 4.39 Å². The van der Waals surface area contributed by atoms with Crippen LogP contribution in [0.2, 0.25) is 0 Å². The van der Waals surface area contributed by atoms with Crippen LogP contribution in [0.5, 0.6) is 0 Å². The van der Waals surface area contributed by atoms with Gasteiger partial charge in [-0.3, -0.25) is 31.1 Å². The summed E-state index contributed by atoms with van der Waals surface area (Å²) in [5.41, 5.74) is 5.01. The Balaban J connectivity index is 1.95. The molecule has 0 aliphatic heterocycles. The Labute approximate surface area is 146 Å². The fourth-order valence-corrected chi connectivity index (χ4v) is 1.97. The van der Waals surface area contributed by atoms with Crippen molar-refractivity contribution in [3.05, 3.63) is 74.1 Å². The highest BCUT2D eigenvalue weighted by Gasteiger charge is 2.19. The van der Waals surface area contributed by atoms with Gasteiger partial charge in [0.2, 0.25) is 0 Å². The number of hydrogen-bond donors (Lipinski definition) is 3. The maximum atomic E-state index is 12.8. The molecule has 0 aliphatic carbocycles. The monoisotopic (exact) mass is 365 g/mol. The normalized spacial score (nSPS) is 9.96. The molecule has 0 unspecified atom stereocenters. The molecule has 9 nitrogen and oxygen atoms in total. The number of nitro groups is 2. The maximum absolute atomic E-state index is 12.8. The van der Waals surface area contributed by atoms with Crippen LogP contribution >= 0.6 is 12.2 Å². The lowest BCUT2D eigenvalue weighted by atomic mass is 10.2. The van der Waals surface area contributed by atoms with Gasteiger partial charge in [0.1, 0.15) is 11.5 Å². The molecule has 0 bridgehead atoms. The second-order valence-corrected chi connectivity index (χ2v) is 5.18. The van der Waals surface area contributed by atoms with Gasteiger partial charge in [0.25, 0.3) is 5.69 Å². The van der Waals surface area contributed by atoms with Crippen molar-refractivity contribution in [2.45, 2.75) is 6.54 Å². The molecule has 3 N–H and O–H groups in total. The van der Waals surface area contributed by atoms with E-state index < -0.39 is 21.2 Å². The van der Waals surface area contributed by atoms with E-state index in [-0.39, 0.29) is 16.6 Å². The van der Waals surface area contributed by atoms with Crippen LogP contribution in [0, 0.1) is 26.0 Å². The number of nitrogens with zero attached hydrogens (tertiary/aromatic N) is 2. The first-order valence-corrected chi connectivity index (χ1v) is 7.25. The molecule has 0 amide bonds. The van der Waals surface area contributed by atoms with Crippen LogP contribution in [-0.4, -0.2) is 15.0 Å². The Bertz CT molecular complexity index is 815. The number of rotatable bonds is 6. The van der Waals surface area contributed by atoms with Gasteiger partial charge in [-0.1, -0.05) is 12.1 Å². The fourth-order valence-electron chi connectivity index (χ4n) is 1.84. The Kier molecular flexibility index (Phi) is 5.74. The van der Waals surface area contributed by atoms with Crippen molar-refractivity contribution in [3.8, 4) is 0 Å². The van der Waals surface area contributed by atoms with E-state index in [1.165, 1.54) is 18.2 Å². The summed E-state index contributed by atoms with van der Waals surface area (Å²) in [5, 5.41) is 24.7. The van der Waals surface area contributed by atoms with E-state index in [0.717, 1.165) is 17.7 Å². The molecule has 0 spiro atoms. The van der Waals surface area contributed by atoms with Crippen molar-refractivity contribution in [2.75, 3.05) is 5.43 Å². The molecule has 11 heteroatoms. The number of hydrazine groups is 1. The lowest BCUT2D eigenvalue weighted by Gasteiger charge is -2.12. The van der Waals surface area contributed by atoms with Gasteiger partial charge in [0.15, 0.2) is 5.11 Å². The minimum absolute atomic E-state index is 0.0153. The summed E-state index contributed by atoms with van der Waals surface area (Å²) >= 11 is 5.02. The summed E-state index contributed by atoms with van der Waals surface area (Å²) in [5.74, 6) is -0.350. The highest BCUT2D eigenvalue weighted by molar-refractivity contribution is 7.80. The van der Waals surface area contributed by atoms with Gasteiger partial charge in [0, 0.05) is 12.6 Å². The molecule has 0 heterocycles. The predicted octanol–water partition coefficient (Wildman–Crippen LogP) is 2.63. The summed E-state index contributed by atoms with van der Waals surface area (Å²) in [6.45, 7) is 0.316. The average Bonchev–Trinajstić information content (AvgIpc) is 2.59. The van der Waals surface area contributed by atoms with Crippen LogP contribution in [0.3, 0.4) is 0 Å². The number of nitrogens with one attached hydrogen (secondary N) is 3. The number of halogens is 1. The molecule has 2 aromatic rings. The zero-order valence-electron chi connectivity index (χ0n) is 12.6. The van der Waals surface area contributed by atoms with E-state index in [4.69, 9.17) is 12.2 Å². The second-order valence-electron chi connectivity index (χ2n) is 4.77. The molecule has 0 aromatic heterocycles. The molecule has 0 atom stereocenters. The number of non-ortho nitro benzene ring substituents is 1. The molecule has 0 fully saturated rings. The Hall–Kier alpha value is -3.34. The van der Waals surface area contributed by atoms with Crippen LogP contribution in [-0.2, 0) is 6.54 Å². The summed E-state index contributed by atoms with van der Waals surface area (Å²) in [6, 6.07) is 8.97. The van der Waals surface area contributed by atoms with Crippen molar-refractivity contribution in [3.63, 3.8) is 0 Å². The van der Waals surface area contributed by atoms with Crippen LogP contribution in [0.4, 0.5) is 21.5 Å². The topological polar surface area (TPSA) is 122 Å². The standard InChI is InChI=1S/C14H12FN5O4S/c15-10-3-1-9(2-4-10)8-16-14(25)18-17-12-6-5-11(19(21)22)7-13(12)20(23)24/h1-7,17H,8H2,(H2,16,18,25). The predicted molar refractivity (Wildman–Crippen MR) is 92.3 cm³/mol. The van der Waals surface area contributed by atoms with E-state index in [9.17, 15) is 24.6 Å². The van der Waals surface area contributed by atoms with Crippen LogP contribution in [0.25, 0.3) is 0 Å². The van der Waals surface area contributed by atoms with Crippen molar-refractivity contribution < 1.29 is 14.2 Å². The van der Waals surface area contributed by atoms with E-state index in [2.05, 4.69) is 16.2 Å². The van der Waals surface area contributed by atoms with Crippen LogP contribution < -0.4 is 16.2 Å². The van der Waals surface area contributed by atoms with Crippen molar-refractivity contribution >= 4 is 34.4 Å². The van der Waals surface area contributed by atoms with Crippen molar-refractivity contribution in [1.29, 1.82) is 0 Å². The summed E-state index contributed by atoms with van der Waals surface area (Å²) in [7, 11) is 0. The number of nitro benzene ring substituents is 2. The minimum Gasteiger partial charge on any atom is -0.357 e. The van der Waals surface area contributed by atoms with Crippen LogP contribution in [0.15, 0.2) is 42.5 Å². The minimum atomic E-state index is -0.744. The molecule has 0 aliphatic rings. The quantitative estimate of drug-likeness (QED) is 0.406. The van der Waals surface area contributed by atoms with E-state index in [0.29, 0.717) is 6.54 Å². The number of benzene rings is 2. The van der Waals surface area contributed by atoms with Gasteiger partial charge >= 0.3 is 5.69 Å². The first-order valence-electron chi connectivity index (χ1n) is 6.84. The number of thiocarbonyl (C=S) groups is 1. The Morgan fingerprint density at radius 3 is 2.36 bits per heavy atom. The smallest absolute Gasteiger partial charge is 0.300 e.